The molecule has 0 spiro atoms. The highest BCUT2D eigenvalue weighted by Crippen LogP contribution is 2.40. The van der Waals surface area contributed by atoms with Crippen molar-refractivity contribution in [3.63, 3.8) is 0 Å². The molecular weight excluding hydrogens is 459 g/mol. The molecule has 1 aromatic rings. The van der Waals surface area contributed by atoms with Crippen LogP contribution in [0, 0.1) is 24.2 Å². The van der Waals surface area contributed by atoms with Crippen LogP contribution in [0.25, 0.3) is 0 Å². The summed E-state index contributed by atoms with van der Waals surface area (Å²) >= 11 is 0. The highest BCUT2D eigenvalue weighted by molar-refractivity contribution is 7.51. The highest BCUT2D eigenvalue weighted by atomic mass is 31.2. The summed E-state index contributed by atoms with van der Waals surface area (Å²) < 4.78 is 34.7. The molecule has 2 N–H and O–H groups in total. The van der Waals surface area contributed by atoms with Gasteiger partial charge < -0.3 is 28.7 Å². The van der Waals surface area contributed by atoms with E-state index in [1.165, 1.54) is 6.92 Å². The fourth-order valence-corrected chi connectivity index (χ4v) is 4.51. The van der Waals surface area contributed by atoms with Crippen molar-refractivity contribution in [1.29, 1.82) is 0 Å². The lowest BCUT2D eigenvalue weighted by atomic mass is 9.83. The van der Waals surface area contributed by atoms with Gasteiger partial charge >= 0.3 is 13.6 Å². The number of carbonyl (C=O) groups excluding carboxylic acids is 1. The molecule has 34 heavy (non-hydrogen) atoms. The third-order valence-electron chi connectivity index (χ3n) is 6.02. The maximum Gasteiger partial charge on any atom is 0.325 e. The van der Waals surface area contributed by atoms with E-state index >= 15 is 0 Å². The van der Waals surface area contributed by atoms with Crippen LogP contribution in [0.15, 0.2) is 24.3 Å². The Morgan fingerprint density at radius 1 is 1.09 bits per heavy atom. The van der Waals surface area contributed by atoms with Crippen molar-refractivity contribution < 1.29 is 38.1 Å². The number of terminal acetylenes is 1. The minimum atomic E-state index is -4.22. The second-order valence-electron chi connectivity index (χ2n) is 8.82. The summed E-state index contributed by atoms with van der Waals surface area (Å²) in [4.78, 5) is 30.2. The van der Waals surface area contributed by atoms with Crippen molar-refractivity contribution in [2.24, 2.45) is 11.8 Å². The number of rotatable bonds is 13. The fourth-order valence-electron chi connectivity index (χ4n) is 3.92. The van der Waals surface area contributed by atoms with Crippen molar-refractivity contribution in [3.8, 4) is 23.8 Å². The zero-order chi connectivity index (χ0) is 25.1. The van der Waals surface area contributed by atoms with E-state index in [0.29, 0.717) is 12.4 Å². The minimum Gasteiger partial charge on any atom is -0.494 e. The van der Waals surface area contributed by atoms with Gasteiger partial charge in [-0.2, -0.15) is 0 Å². The number of hydrogen-bond acceptors (Lipinski definition) is 6. The van der Waals surface area contributed by atoms with E-state index in [1.54, 1.807) is 12.1 Å². The van der Waals surface area contributed by atoms with Crippen molar-refractivity contribution >= 4 is 13.6 Å². The minimum absolute atomic E-state index is 0.0503. The molecule has 1 aromatic carbocycles. The van der Waals surface area contributed by atoms with Gasteiger partial charge in [-0.1, -0.05) is 26.7 Å². The van der Waals surface area contributed by atoms with Gasteiger partial charge in [-0.3, -0.25) is 9.36 Å². The van der Waals surface area contributed by atoms with Crippen LogP contribution in [-0.4, -0.2) is 47.0 Å². The molecule has 9 heteroatoms. The van der Waals surface area contributed by atoms with Gasteiger partial charge in [0.15, 0.2) is 0 Å². The third-order valence-corrected chi connectivity index (χ3v) is 6.86. The summed E-state index contributed by atoms with van der Waals surface area (Å²) in [5.74, 6) is 3.26. The second kappa shape index (κ2) is 13.7. The SMILES string of the molecule is C#CCCCCCCOc1ccc(O[C@H]2O[C@H](CCP(=O)(O)O)[C@@H](OC(C)=O)[C@H](C)[C@@H]2C)cc1. The number of hydrogen-bond donors (Lipinski definition) is 2. The Bertz CT molecular complexity index is 843. The molecule has 8 nitrogen and oxygen atoms in total. The van der Waals surface area contributed by atoms with Gasteiger partial charge in [-0.05, 0) is 43.5 Å². The molecule has 0 radical (unpaired) electrons. The Hall–Kier alpha value is -2.04. The molecule has 0 saturated carbocycles. The average molecular weight is 497 g/mol. The molecule has 1 saturated heterocycles. The van der Waals surface area contributed by atoms with Crippen molar-refractivity contribution in [2.45, 2.75) is 77.8 Å². The highest BCUT2D eigenvalue weighted by Gasteiger charge is 2.44. The van der Waals surface area contributed by atoms with Crippen LogP contribution in [0.4, 0.5) is 0 Å². The van der Waals surface area contributed by atoms with Gasteiger partial charge in [0.05, 0.1) is 18.9 Å². The van der Waals surface area contributed by atoms with Crippen LogP contribution < -0.4 is 9.47 Å². The summed E-state index contributed by atoms with van der Waals surface area (Å²) in [5, 5.41) is 0. The lowest BCUT2D eigenvalue weighted by Crippen LogP contribution is -2.52. The smallest absolute Gasteiger partial charge is 0.325 e. The van der Waals surface area contributed by atoms with Crippen LogP contribution in [-0.2, 0) is 18.8 Å². The number of carbonyl (C=O) groups is 1. The van der Waals surface area contributed by atoms with E-state index in [9.17, 15) is 19.1 Å². The van der Waals surface area contributed by atoms with Crippen LogP contribution >= 0.6 is 7.60 Å². The topological polar surface area (TPSA) is 112 Å². The Balaban J connectivity index is 1.93. The molecule has 0 bridgehead atoms. The average Bonchev–Trinajstić information content (AvgIpc) is 2.77. The molecule has 1 heterocycles. The molecule has 190 valence electrons. The lowest BCUT2D eigenvalue weighted by Gasteiger charge is -2.43. The standard InChI is InChI=1S/C25H37O8P/c1-5-6-7-8-9-10-16-30-21-11-13-22(14-12-21)32-25-19(3)18(2)24(31-20(4)26)23(33-25)15-17-34(27,28)29/h1,11-14,18-19,23-25H,6-10,15-17H2,2-4H3,(H2,27,28,29)/t18-,19+,23-,24+,25+/m1/s1. The van der Waals surface area contributed by atoms with Crippen LogP contribution in [0.2, 0.25) is 0 Å². The molecule has 1 aliphatic heterocycles. The Morgan fingerprint density at radius 3 is 2.35 bits per heavy atom. The van der Waals surface area contributed by atoms with E-state index in [-0.39, 0.29) is 24.4 Å². The summed E-state index contributed by atoms with van der Waals surface area (Å²) in [5.41, 5.74) is 0. The van der Waals surface area contributed by atoms with E-state index in [1.807, 2.05) is 26.0 Å². The fraction of sp³-hybridized carbons (Fsp3) is 0.640. The number of unbranched alkanes of at least 4 members (excludes halogenated alkanes) is 4. The summed E-state index contributed by atoms with van der Waals surface area (Å²) in [6, 6.07) is 7.26. The molecule has 0 unspecified atom stereocenters. The van der Waals surface area contributed by atoms with Crippen LogP contribution in [0.1, 0.15) is 59.3 Å². The Morgan fingerprint density at radius 2 is 1.74 bits per heavy atom. The first-order chi connectivity index (χ1) is 16.1. The molecule has 1 aliphatic rings. The van der Waals surface area contributed by atoms with E-state index in [2.05, 4.69) is 5.92 Å². The normalized spacial score (nSPS) is 24.8. The van der Waals surface area contributed by atoms with Gasteiger partial charge in [0.1, 0.15) is 17.6 Å². The Kier molecular flexibility index (Phi) is 11.4. The predicted molar refractivity (Wildman–Crippen MR) is 129 cm³/mol. The van der Waals surface area contributed by atoms with E-state index < -0.39 is 32.1 Å². The lowest BCUT2D eigenvalue weighted by molar-refractivity contribution is -0.239. The van der Waals surface area contributed by atoms with Crippen LogP contribution in [0.3, 0.4) is 0 Å². The first kappa shape index (κ1) is 28.2. The van der Waals surface area contributed by atoms with Crippen molar-refractivity contribution in [1.82, 2.24) is 0 Å². The number of esters is 1. The largest absolute Gasteiger partial charge is 0.494 e. The zero-order valence-electron chi connectivity index (χ0n) is 20.2. The third kappa shape index (κ3) is 9.68. The first-order valence-corrected chi connectivity index (χ1v) is 13.6. The maximum atomic E-state index is 11.6. The van der Waals surface area contributed by atoms with Gasteiger partial charge in [-0.15, -0.1) is 12.3 Å². The second-order valence-corrected chi connectivity index (χ2v) is 10.6. The van der Waals surface area contributed by atoms with Crippen molar-refractivity contribution in [2.75, 3.05) is 12.8 Å². The molecule has 0 aliphatic carbocycles. The van der Waals surface area contributed by atoms with Gasteiger partial charge in [-0.25, -0.2) is 0 Å². The van der Waals surface area contributed by atoms with E-state index in [0.717, 1.165) is 37.9 Å². The summed E-state index contributed by atoms with van der Waals surface area (Å²) in [6.07, 6.45) is 8.00. The molecule has 5 atom stereocenters. The Labute approximate surface area is 202 Å². The van der Waals surface area contributed by atoms with Crippen molar-refractivity contribution in [3.05, 3.63) is 24.3 Å². The molecule has 2 rings (SSSR count). The van der Waals surface area contributed by atoms with Gasteiger partial charge in [0.2, 0.25) is 6.29 Å². The predicted octanol–water partition coefficient (Wildman–Crippen LogP) is 4.52. The summed E-state index contributed by atoms with van der Waals surface area (Å²) in [7, 11) is -4.22. The molecule has 0 amide bonds. The zero-order valence-corrected chi connectivity index (χ0v) is 21.1. The van der Waals surface area contributed by atoms with Gasteiger partial charge in [0.25, 0.3) is 0 Å². The molecule has 1 fully saturated rings. The van der Waals surface area contributed by atoms with E-state index in [4.69, 9.17) is 25.4 Å². The quantitative estimate of drug-likeness (QED) is 0.177. The monoisotopic (exact) mass is 496 g/mol. The molecule has 0 aromatic heterocycles. The molecular formula is C25H37O8P. The number of benzene rings is 1. The maximum absolute atomic E-state index is 11.6. The first-order valence-electron chi connectivity index (χ1n) is 11.8. The number of ether oxygens (including phenoxy) is 4. The van der Waals surface area contributed by atoms with Gasteiger partial charge in [0, 0.05) is 25.2 Å². The van der Waals surface area contributed by atoms with Crippen LogP contribution in [0.5, 0.6) is 11.5 Å². The summed E-state index contributed by atoms with van der Waals surface area (Å²) in [6.45, 7) is 5.80.